The van der Waals surface area contributed by atoms with Crippen molar-refractivity contribution in [3.63, 3.8) is 0 Å². The van der Waals surface area contributed by atoms with Gasteiger partial charge in [-0.2, -0.15) is 11.8 Å². The van der Waals surface area contributed by atoms with Crippen LogP contribution in [0.15, 0.2) is 0 Å². The SMILES string of the molecule is CSCCC1CCCCCCCCC(C)CC1. The van der Waals surface area contributed by atoms with E-state index >= 15 is 0 Å². The number of hydrogen-bond donors (Lipinski definition) is 0. The Morgan fingerprint density at radius 3 is 2.18 bits per heavy atom. The van der Waals surface area contributed by atoms with Crippen molar-refractivity contribution in [2.75, 3.05) is 12.0 Å². The molecule has 0 saturated heterocycles. The molecule has 1 rings (SSSR count). The van der Waals surface area contributed by atoms with Gasteiger partial charge in [0.1, 0.15) is 0 Å². The van der Waals surface area contributed by atoms with Crippen molar-refractivity contribution in [3.05, 3.63) is 0 Å². The predicted molar refractivity (Wildman–Crippen MR) is 81.8 cm³/mol. The minimum absolute atomic E-state index is 0.978. The highest BCUT2D eigenvalue weighted by Crippen LogP contribution is 2.26. The molecule has 0 radical (unpaired) electrons. The van der Waals surface area contributed by atoms with Gasteiger partial charge < -0.3 is 0 Å². The fourth-order valence-electron chi connectivity index (χ4n) is 3.02. The first-order valence-corrected chi connectivity index (χ1v) is 9.21. The molecule has 1 aliphatic carbocycles. The fraction of sp³-hybridized carbons (Fsp3) is 1.00. The molecule has 1 saturated carbocycles. The van der Waals surface area contributed by atoms with Crippen LogP contribution in [-0.4, -0.2) is 12.0 Å². The third-order valence-electron chi connectivity index (χ3n) is 4.36. The van der Waals surface area contributed by atoms with Crippen LogP contribution in [0, 0.1) is 11.8 Å². The van der Waals surface area contributed by atoms with Gasteiger partial charge in [-0.25, -0.2) is 0 Å². The highest BCUT2D eigenvalue weighted by Gasteiger charge is 2.11. The van der Waals surface area contributed by atoms with E-state index in [2.05, 4.69) is 13.2 Å². The minimum atomic E-state index is 0.978. The zero-order chi connectivity index (χ0) is 12.3. The van der Waals surface area contributed by atoms with Gasteiger partial charge in [0.15, 0.2) is 0 Å². The molecule has 0 amide bonds. The monoisotopic (exact) mass is 256 g/mol. The molecule has 2 atom stereocenters. The zero-order valence-electron chi connectivity index (χ0n) is 12.0. The first-order valence-electron chi connectivity index (χ1n) is 7.82. The van der Waals surface area contributed by atoms with Crippen LogP contribution in [0.25, 0.3) is 0 Å². The van der Waals surface area contributed by atoms with Crippen molar-refractivity contribution in [2.24, 2.45) is 11.8 Å². The Morgan fingerprint density at radius 1 is 0.824 bits per heavy atom. The molecule has 0 aromatic carbocycles. The van der Waals surface area contributed by atoms with E-state index in [-0.39, 0.29) is 0 Å². The van der Waals surface area contributed by atoms with Gasteiger partial charge in [0, 0.05) is 0 Å². The van der Waals surface area contributed by atoms with E-state index in [0.717, 1.165) is 11.8 Å². The van der Waals surface area contributed by atoms with Gasteiger partial charge in [-0.3, -0.25) is 0 Å². The number of hydrogen-bond acceptors (Lipinski definition) is 1. The minimum Gasteiger partial charge on any atom is -0.165 e. The van der Waals surface area contributed by atoms with E-state index in [1.807, 2.05) is 11.8 Å². The van der Waals surface area contributed by atoms with Crippen molar-refractivity contribution in [3.8, 4) is 0 Å². The molecule has 0 aromatic rings. The second kappa shape index (κ2) is 10.3. The summed E-state index contributed by atoms with van der Waals surface area (Å²) in [6.07, 6.45) is 18.6. The summed E-state index contributed by atoms with van der Waals surface area (Å²) >= 11 is 2.02. The van der Waals surface area contributed by atoms with E-state index in [4.69, 9.17) is 0 Å². The summed E-state index contributed by atoms with van der Waals surface area (Å²) in [6.45, 7) is 2.47. The van der Waals surface area contributed by atoms with Crippen LogP contribution in [-0.2, 0) is 0 Å². The molecule has 0 aromatic heterocycles. The van der Waals surface area contributed by atoms with Gasteiger partial charge in [0.2, 0.25) is 0 Å². The highest BCUT2D eigenvalue weighted by molar-refractivity contribution is 7.98. The maximum absolute atomic E-state index is 2.47. The molecule has 1 heteroatoms. The van der Waals surface area contributed by atoms with E-state index in [1.165, 1.54) is 76.4 Å². The van der Waals surface area contributed by atoms with E-state index in [9.17, 15) is 0 Å². The Labute approximate surface area is 113 Å². The largest absolute Gasteiger partial charge is 0.165 e. The van der Waals surface area contributed by atoms with Crippen molar-refractivity contribution >= 4 is 11.8 Å². The molecule has 0 bridgehead atoms. The molecular formula is C16H32S. The summed E-state index contributed by atoms with van der Waals surface area (Å²) in [5.74, 6) is 3.38. The van der Waals surface area contributed by atoms with Crippen LogP contribution in [0.5, 0.6) is 0 Å². The van der Waals surface area contributed by atoms with Crippen LogP contribution in [0.4, 0.5) is 0 Å². The van der Waals surface area contributed by atoms with Gasteiger partial charge in [0.25, 0.3) is 0 Å². The molecule has 1 aliphatic rings. The molecule has 0 aliphatic heterocycles. The summed E-state index contributed by atoms with van der Waals surface area (Å²) in [6, 6.07) is 0. The maximum Gasteiger partial charge on any atom is -0.00677 e. The third kappa shape index (κ3) is 8.13. The van der Waals surface area contributed by atoms with Crippen molar-refractivity contribution < 1.29 is 0 Å². The molecule has 0 heterocycles. The van der Waals surface area contributed by atoms with Gasteiger partial charge >= 0.3 is 0 Å². The molecule has 0 nitrogen and oxygen atoms in total. The second-order valence-electron chi connectivity index (χ2n) is 6.03. The van der Waals surface area contributed by atoms with Crippen molar-refractivity contribution in [1.29, 1.82) is 0 Å². The van der Waals surface area contributed by atoms with Crippen LogP contribution in [0.3, 0.4) is 0 Å². The normalized spacial score (nSPS) is 29.3. The van der Waals surface area contributed by atoms with Crippen molar-refractivity contribution in [1.82, 2.24) is 0 Å². The second-order valence-corrected chi connectivity index (χ2v) is 7.01. The van der Waals surface area contributed by atoms with Crippen LogP contribution in [0.2, 0.25) is 0 Å². The summed E-state index contributed by atoms with van der Waals surface area (Å²) in [7, 11) is 0. The molecular weight excluding hydrogens is 224 g/mol. The lowest BCUT2D eigenvalue weighted by Gasteiger charge is -2.20. The van der Waals surface area contributed by atoms with Crippen LogP contribution < -0.4 is 0 Å². The summed E-state index contributed by atoms with van der Waals surface area (Å²) in [4.78, 5) is 0. The fourth-order valence-corrected chi connectivity index (χ4v) is 3.58. The Balaban J connectivity index is 2.29. The first kappa shape index (κ1) is 15.4. The average Bonchev–Trinajstić information content (AvgIpc) is 2.32. The molecule has 2 unspecified atom stereocenters. The topological polar surface area (TPSA) is 0 Å². The van der Waals surface area contributed by atoms with Gasteiger partial charge in [-0.05, 0) is 30.3 Å². The zero-order valence-corrected chi connectivity index (χ0v) is 12.9. The van der Waals surface area contributed by atoms with Crippen molar-refractivity contribution in [2.45, 2.75) is 77.6 Å². The van der Waals surface area contributed by atoms with Crippen LogP contribution >= 0.6 is 11.8 Å². The Bertz CT molecular complexity index is 167. The lowest BCUT2D eigenvalue weighted by molar-refractivity contribution is 0.346. The summed E-state index contributed by atoms with van der Waals surface area (Å²) in [5.41, 5.74) is 0. The third-order valence-corrected chi connectivity index (χ3v) is 5.00. The van der Waals surface area contributed by atoms with Gasteiger partial charge in [0.05, 0.1) is 0 Å². The summed E-state index contributed by atoms with van der Waals surface area (Å²) < 4.78 is 0. The maximum atomic E-state index is 2.47. The molecule has 17 heavy (non-hydrogen) atoms. The molecule has 0 spiro atoms. The van der Waals surface area contributed by atoms with E-state index in [1.54, 1.807) is 0 Å². The Hall–Kier alpha value is 0.350. The lowest BCUT2D eigenvalue weighted by atomic mass is 9.87. The summed E-state index contributed by atoms with van der Waals surface area (Å²) in [5, 5.41) is 0. The smallest absolute Gasteiger partial charge is 0.00677 e. The van der Waals surface area contributed by atoms with Gasteiger partial charge in [-0.15, -0.1) is 0 Å². The quantitative estimate of drug-likeness (QED) is 0.605. The number of thioether (sulfide) groups is 1. The average molecular weight is 256 g/mol. The highest BCUT2D eigenvalue weighted by atomic mass is 32.2. The first-order chi connectivity index (χ1) is 8.33. The molecule has 102 valence electrons. The van der Waals surface area contributed by atoms with E-state index < -0.39 is 0 Å². The Kier molecular flexibility index (Phi) is 9.33. The van der Waals surface area contributed by atoms with Gasteiger partial charge in [-0.1, -0.05) is 71.1 Å². The predicted octanol–water partition coefficient (Wildman–Crippen LogP) is 5.91. The van der Waals surface area contributed by atoms with Crippen LogP contribution in [0.1, 0.15) is 77.6 Å². The lowest BCUT2D eigenvalue weighted by Crippen LogP contribution is -2.06. The Morgan fingerprint density at radius 2 is 1.47 bits per heavy atom. The molecule has 1 fully saturated rings. The molecule has 0 N–H and O–H groups in total. The van der Waals surface area contributed by atoms with E-state index in [0.29, 0.717) is 0 Å². The number of rotatable bonds is 3. The standard InChI is InChI=1S/C16H32S/c1-15-9-7-5-3-4-6-8-10-16(12-11-15)13-14-17-2/h15-16H,3-14H2,1-2H3.